The second-order valence-corrected chi connectivity index (χ2v) is 2.66. The average Bonchev–Trinajstić information content (AvgIpc) is 1.85. The van der Waals surface area contributed by atoms with Gasteiger partial charge >= 0.3 is 0 Å². The van der Waals surface area contributed by atoms with Crippen molar-refractivity contribution in [1.29, 1.82) is 0 Å². The highest BCUT2D eigenvalue weighted by atomic mass is 16.5. The molecule has 0 bridgehead atoms. The minimum absolute atomic E-state index is 0.437. The Balaban J connectivity index is 3.47. The van der Waals surface area contributed by atoms with Crippen LogP contribution >= 0.6 is 0 Å². The molecule has 0 aliphatic heterocycles. The van der Waals surface area contributed by atoms with Crippen molar-refractivity contribution in [2.75, 3.05) is 20.3 Å². The van der Waals surface area contributed by atoms with Crippen LogP contribution in [0.3, 0.4) is 0 Å². The first-order chi connectivity index (χ1) is 4.66. The van der Waals surface area contributed by atoms with E-state index in [2.05, 4.69) is 18.8 Å². The maximum atomic E-state index is 5.46. The third-order valence-electron chi connectivity index (χ3n) is 0.952. The van der Waals surface area contributed by atoms with Crippen molar-refractivity contribution < 1.29 is 4.74 Å². The van der Waals surface area contributed by atoms with E-state index in [0.717, 1.165) is 6.54 Å². The molecule has 3 nitrogen and oxygen atoms in total. The summed E-state index contributed by atoms with van der Waals surface area (Å²) in [6, 6.07) is 0. The topological polar surface area (TPSA) is 47.6 Å². The Kier molecular flexibility index (Phi) is 4.94. The van der Waals surface area contributed by atoms with Gasteiger partial charge in [0.25, 0.3) is 0 Å². The van der Waals surface area contributed by atoms with Crippen LogP contribution in [-0.2, 0) is 4.74 Å². The van der Waals surface area contributed by atoms with Gasteiger partial charge < -0.3 is 10.5 Å². The fraction of sp³-hybridized carbons (Fsp3) is 0.857. The number of rotatable bonds is 4. The summed E-state index contributed by atoms with van der Waals surface area (Å²) in [6.45, 7) is 5.43. The van der Waals surface area contributed by atoms with E-state index in [0.29, 0.717) is 18.4 Å². The summed E-state index contributed by atoms with van der Waals surface area (Å²) in [7, 11) is 1.61. The van der Waals surface area contributed by atoms with Crippen LogP contribution < -0.4 is 5.73 Å². The minimum Gasteiger partial charge on any atom is -0.386 e. The molecule has 0 saturated heterocycles. The summed E-state index contributed by atoms with van der Waals surface area (Å²) in [6.07, 6.45) is 0. The van der Waals surface area contributed by atoms with Crippen molar-refractivity contribution in [3.05, 3.63) is 0 Å². The van der Waals surface area contributed by atoms with E-state index in [1.807, 2.05) is 0 Å². The molecule has 0 aromatic heterocycles. The SMILES string of the molecule is COCC(N)=NCC(C)C. The molecular weight excluding hydrogens is 128 g/mol. The molecule has 0 aliphatic carbocycles. The lowest BCUT2D eigenvalue weighted by Crippen LogP contribution is -2.19. The lowest BCUT2D eigenvalue weighted by Gasteiger charge is -2.00. The third-order valence-corrected chi connectivity index (χ3v) is 0.952. The lowest BCUT2D eigenvalue weighted by molar-refractivity contribution is 0.244. The standard InChI is InChI=1S/C7H16N2O/c1-6(2)4-9-7(8)5-10-3/h6H,4-5H2,1-3H3,(H2,8,9). The van der Waals surface area contributed by atoms with E-state index < -0.39 is 0 Å². The van der Waals surface area contributed by atoms with E-state index in [1.165, 1.54) is 0 Å². The lowest BCUT2D eigenvalue weighted by atomic mass is 10.2. The molecule has 0 saturated carbocycles. The first kappa shape index (κ1) is 9.43. The largest absolute Gasteiger partial charge is 0.386 e. The maximum absolute atomic E-state index is 5.46. The summed E-state index contributed by atoms with van der Waals surface area (Å²) >= 11 is 0. The van der Waals surface area contributed by atoms with Crippen molar-refractivity contribution in [3.8, 4) is 0 Å². The highest BCUT2D eigenvalue weighted by Gasteiger charge is 1.92. The number of methoxy groups -OCH3 is 1. The predicted octanol–water partition coefficient (Wildman–Crippen LogP) is 0.646. The molecule has 0 amide bonds. The van der Waals surface area contributed by atoms with Crippen LogP contribution in [0, 0.1) is 5.92 Å². The Labute approximate surface area is 62.3 Å². The summed E-state index contributed by atoms with van der Waals surface area (Å²) < 4.78 is 4.78. The van der Waals surface area contributed by atoms with Gasteiger partial charge in [0.2, 0.25) is 0 Å². The molecule has 3 heteroatoms. The van der Waals surface area contributed by atoms with Crippen molar-refractivity contribution in [2.24, 2.45) is 16.6 Å². The number of nitrogens with zero attached hydrogens (tertiary/aromatic N) is 1. The summed E-state index contributed by atoms with van der Waals surface area (Å²) in [4.78, 5) is 4.08. The van der Waals surface area contributed by atoms with E-state index in [1.54, 1.807) is 7.11 Å². The Morgan fingerprint density at radius 3 is 2.60 bits per heavy atom. The first-order valence-electron chi connectivity index (χ1n) is 3.44. The number of ether oxygens (including phenoxy) is 1. The number of nitrogens with two attached hydrogens (primary N) is 1. The first-order valence-corrected chi connectivity index (χ1v) is 3.44. The Morgan fingerprint density at radius 2 is 2.20 bits per heavy atom. The molecule has 0 spiro atoms. The van der Waals surface area contributed by atoms with Gasteiger partial charge in [-0.25, -0.2) is 0 Å². The van der Waals surface area contributed by atoms with E-state index in [9.17, 15) is 0 Å². The van der Waals surface area contributed by atoms with Crippen LogP contribution in [0.1, 0.15) is 13.8 Å². The number of amidine groups is 1. The number of hydrogen-bond donors (Lipinski definition) is 1. The molecule has 0 atom stereocenters. The van der Waals surface area contributed by atoms with Gasteiger partial charge in [-0.05, 0) is 5.92 Å². The fourth-order valence-electron chi connectivity index (χ4n) is 0.493. The zero-order valence-electron chi connectivity index (χ0n) is 6.92. The molecule has 0 aromatic carbocycles. The summed E-state index contributed by atoms with van der Waals surface area (Å²) in [5, 5.41) is 0. The van der Waals surface area contributed by atoms with Gasteiger partial charge in [0.05, 0.1) is 0 Å². The van der Waals surface area contributed by atoms with E-state index in [-0.39, 0.29) is 0 Å². The van der Waals surface area contributed by atoms with Gasteiger partial charge in [-0.1, -0.05) is 13.8 Å². The van der Waals surface area contributed by atoms with E-state index in [4.69, 9.17) is 10.5 Å². The Hall–Kier alpha value is -0.570. The highest BCUT2D eigenvalue weighted by molar-refractivity contribution is 5.81. The van der Waals surface area contributed by atoms with Gasteiger partial charge in [-0.15, -0.1) is 0 Å². The van der Waals surface area contributed by atoms with Crippen molar-refractivity contribution in [3.63, 3.8) is 0 Å². The van der Waals surface area contributed by atoms with Crippen molar-refractivity contribution >= 4 is 5.84 Å². The fourth-order valence-corrected chi connectivity index (χ4v) is 0.493. The molecule has 0 aliphatic rings. The predicted molar refractivity (Wildman–Crippen MR) is 43.2 cm³/mol. The minimum atomic E-state index is 0.437. The molecule has 0 unspecified atom stereocenters. The molecule has 0 fully saturated rings. The zero-order valence-corrected chi connectivity index (χ0v) is 6.92. The number of aliphatic imine (C=N–C) groups is 1. The van der Waals surface area contributed by atoms with Gasteiger partial charge in [-0.3, -0.25) is 4.99 Å². The van der Waals surface area contributed by atoms with Crippen molar-refractivity contribution in [2.45, 2.75) is 13.8 Å². The molecule has 60 valence electrons. The monoisotopic (exact) mass is 144 g/mol. The maximum Gasteiger partial charge on any atom is 0.120 e. The van der Waals surface area contributed by atoms with Crippen LogP contribution in [-0.4, -0.2) is 26.1 Å². The smallest absolute Gasteiger partial charge is 0.120 e. The van der Waals surface area contributed by atoms with Crippen LogP contribution in [0.4, 0.5) is 0 Å². The summed E-state index contributed by atoms with van der Waals surface area (Å²) in [5.41, 5.74) is 5.46. The molecule has 0 aromatic rings. The van der Waals surface area contributed by atoms with Gasteiger partial charge in [0.1, 0.15) is 12.4 Å². The zero-order chi connectivity index (χ0) is 7.98. The van der Waals surface area contributed by atoms with Crippen LogP contribution in [0.2, 0.25) is 0 Å². The normalized spacial score (nSPS) is 12.6. The number of hydrogen-bond acceptors (Lipinski definition) is 2. The van der Waals surface area contributed by atoms with Gasteiger partial charge in [-0.2, -0.15) is 0 Å². The molecule has 10 heavy (non-hydrogen) atoms. The Bertz CT molecular complexity index is 110. The van der Waals surface area contributed by atoms with Crippen molar-refractivity contribution in [1.82, 2.24) is 0 Å². The molecule has 2 N–H and O–H groups in total. The molecule has 0 radical (unpaired) electrons. The average molecular weight is 144 g/mol. The Morgan fingerprint density at radius 1 is 1.60 bits per heavy atom. The van der Waals surface area contributed by atoms with Gasteiger partial charge in [0, 0.05) is 13.7 Å². The molecular formula is C7H16N2O. The third kappa shape index (κ3) is 5.56. The van der Waals surface area contributed by atoms with Crippen LogP contribution in [0.5, 0.6) is 0 Å². The quantitative estimate of drug-likeness (QED) is 0.465. The summed E-state index contributed by atoms with van der Waals surface area (Å²) in [5.74, 6) is 1.15. The highest BCUT2D eigenvalue weighted by Crippen LogP contribution is 1.90. The second-order valence-electron chi connectivity index (χ2n) is 2.66. The second kappa shape index (κ2) is 5.23. The van der Waals surface area contributed by atoms with Gasteiger partial charge in [0.15, 0.2) is 0 Å². The molecule has 0 rings (SSSR count). The van der Waals surface area contributed by atoms with Crippen LogP contribution in [0.15, 0.2) is 4.99 Å². The van der Waals surface area contributed by atoms with Crippen LogP contribution in [0.25, 0.3) is 0 Å². The molecule has 0 heterocycles. The van der Waals surface area contributed by atoms with E-state index >= 15 is 0 Å².